The highest BCUT2D eigenvalue weighted by Gasteiger charge is 2.31. The molecule has 1 N–H and O–H groups in total. The van der Waals surface area contributed by atoms with E-state index in [1.165, 1.54) is 24.3 Å². The Morgan fingerprint density at radius 3 is 2.26 bits per heavy atom. The second-order valence-electron chi connectivity index (χ2n) is 6.36. The molecule has 2 rings (SSSR count). The molecule has 136 valence electrons. The van der Waals surface area contributed by atoms with Crippen molar-refractivity contribution in [1.29, 1.82) is 0 Å². The molecule has 2 aliphatic rings. The lowest BCUT2D eigenvalue weighted by molar-refractivity contribution is -0.129. The zero-order valence-electron chi connectivity index (χ0n) is 13.1. The number of likely N-dealkylation sites (tertiary alicyclic amines) is 1. The number of sulfonamides is 1. The maximum Gasteiger partial charge on any atom is 0.390 e. The van der Waals surface area contributed by atoms with Crippen molar-refractivity contribution >= 4 is 21.8 Å². The van der Waals surface area contributed by atoms with Crippen molar-refractivity contribution in [3.05, 3.63) is 0 Å². The van der Waals surface area contributed by atoms with E-state index in [4.69, 9.17) is 0 Å². The first kappa shape index (κ1) is 19.3. The van der Waals surface area contributed by atoms with Gasteiger partial charge in [-0.05, 0) is 56.2 Å². The first-order valence-electron chi connectivity index (χ1n) is 8.11. The number of thioether (sulfide) groups is 1. The number of piperidine rings is 1. The normalized spacial score (nSPS) is 23.3. The van der Waals surface area contributed by atoms with Crippen molar-refractivity contribution in [1.82, 2.24) is 9.62 Å². The van der Waals surface area contributed by atoms with Crippen LogP contribution in [0, 0.1) is 5.92 Å². The van der Waals surface area contributed by atoms with Crippen LogP contribution in [0.4, 0.5) is 13.2 Å². The molecular weight excluding hydrogens is 349 g/mol. The summed E-state index contributed by atoms with van der Waals surface area (Å²) in [5, 5.41) is 0. The summed E-state index contributed by atoms with van der Waals surface area (Å²) in [4.78, 5) is 2.49. The fourth-order valence-electron chi connectivity index (χ4n) is 3.14. The molecule has 0 aliphatic carbocycles. The van der Waals surface area contributed by atoms with E-state index in [9.17, 15) is 21.6 Å². The summed E-state index contributed by atoms with van der Waals surface area (Å²) in [5.41, 5.74) is 0. The van der Waals surface area contributed by atoms with Crippen LogP contribution in [0.15, 0.2) is 0 Å². The number of rotatable bonds is 6. The first-order valence-corrected chi connectivity index (χ1v) is 10.9. The van der Waals surface area contributed by atoms with E-state index < -0.39 is 28.4 Å². The highest BCUT2D eigenvalue weighted by Crippen LogP contribution is 2.26. The molecule has 0 unspecified atom stereocenters. The fraction of sp³-hybridized carbons (Fsp3) is 1.00. The van der Waals surface area contributed by atoms with Crippen LogP contribution in [0.5, 0.6) is 0 Å². The Morgan fingerprint density at radius 1 is 1.09 bits per heavy atom. The lowest BCUT2D eigenvalue weighted by atomic mass is 9.95. The SMILES string of the molecule is O=S(=O)(CCC(F)(F)F)NCC1CCN(C2CCSCC2)CC1. The van der Waals surface area contributed by atoms with Gasteiger partial charge in [0.25, 0.3) is 0 Å². The van der Waals surface area contributed by atoms with Crippen molar-refractivity contribution in [3.63, 3.8) is 0 Å². The second kappa shape index (κ2) is 8.40. The number of nitrogens with zero attached hydrogens (tertiary/aromatic N) is 1. The van der Waals surface area contributed by atoms with Crippen molar-refractivity contribution in [2.45, 2.75) is 44.3 Å². The zero-order chi connectivity index (χ0) is 16.9. The largest absolute Gasteiger partial charge is 0.390 e. The summed E-state index contributed by atoms with van der Waals surface area (Å²) in [6.45, 7) is 2.18. The van der Waals surface area contributed by atoms with E-state index in [1.54, 1.807) is 0 Å². The van der Waals surface area contributed by atoms with Gasteiger partial charge in [-0.25, -0.2) is 13.1 Å². The van der Waals surface area contributed by atoms with Gasteiger partial charge in [-0.1, -0.05) is 0 Å². The van der Waals surface area contributed by atoms with Crippen LogP contribution in [-0.2, 0) is 10.0 Å². The Kier molecular flexibility index (Phi) is 7.06. The Hall–Kier alpha value is 0.01000. The van der Waals surface area contributed by atoms with Crippen molar-refractivity contribution in [2.75, 3.05) is 36.9 Å². The molecule has 9 heteroatoms. The molecule has 0 radical (unpaired) electrons. The minimum atomic E-state index is -4.43. The lowest BCUT2D eigenvalue weighted by Gasteiger charge is -2.39. The molecule has 0 aromatic heterocycles. The number of hydrogen-bond acceptors (Lipinski definition) is 4. The standard InChI is InChI=1S/C14H25F3N2O2S2/c15-14(16,17)5-10-23(20,21)18-11-12-1-6-19(7-2-12)13-3-8-22-9-4-13/h12-13,18H,1-11H2. The molecule has 0 spiro atoms. The van der Waals surface area contributed by atoms with Crippen LogP contribution in [-0.4, -0.2) is 62.4 Å². The van der Waals surface area contributed by atoms with Crippen LogP contribution in [0.25, 0.3) is 0 Å². The average Bonchev–Trinajstić information content (AvgIpc) is 2.52. The highest BCUT2D eigenvalue weighted by atomic mass is 32.2. The molecule has 23 heavy (non-hydrogen) atoms. The molecule has 0 bridgehead atoms. The van der Waals surface area contributed by atoms with Gasteiger partial charge >= 0.3 is 6.18 Å². The monoisotopic (exact) mass is 374 g/mol. The Bertz CT molecular complexity index is 457. The first-order chi connectivity index (χ1) is 10.8. The van der Waals surface area contributed by atoms with Gasteiger partial charge in [0.2, 0.25) is 10.0 Å². The molecule has 0 aromatic carbocycles. The molecule has 2 aliphatic heterocycles. The van der Waals surface area contributed by atoms with Gasteiger partial charge in [0.15, 0.2) is 0 Å². The smallest absolute Gasteiger partial charge is 0.300 e. The molecule has 0 atom stereocenters. The predicted molar refractivity (Wildman–Crippen MR) is 87.1 cm³/mol. The van der Waals surface area contributed by atoms with Crippen LogP contribution in [0.2, 0.25) is 0 Å². The van der Waals surface area contributed by atoms with Crippen molar-refractivity contribution in [2.24, 2.45) is 5.92 Å². The molecule has 4 nitrogen and oxygen atoms in total. The van der Waals surface area contributed by atoms with Crippen LogP contribution >= 0.6 is 11.8 Å². The van der Waals surface area contributed by atoms with E-state index >= 15 is 0 Å². The fourth-order valence-corrected chi connectivity index (χ4v) is 5.36. The van der Waals surface area contributed by atoms with Gasteiger partial charge in [-0.2, -0.15) is 24.9 Å². The Balaban J connectivity index is 1.67. The summed E-state index contributed by atoms with van der Waals surface area (Å²) in [6.07, 6.45) is -1.46. The number of nitrogens with one attached hydrogen (secondary N) is 1. The Labute approximate surface area is 140 Å². The average molecular weight is 374 g/mol. The lowest BCUT2D eigenvalue weighted by Crippen LogP contribution is -2.45. The van der Waals surface area contributed by atoms with E-state index in [0.717, 1.165) is 25.9 Å². The topological polar surface area (TPSA) is 49.4 Å². The summed E-state index contributed by atoms with van der Waals surface area (Å²) in [7, 11) is -3.83. The van der Waals surface area contributed by atoms with Crippen LogP contribution in [0.1, 0.15) is 32.1 Å². The van der Waals surface area contributed by atoms with Gasteiger partial charge in [0.05, 0.1) is 12.2 Å². The number of alkyl halides is 3. The van der Waals surface area contributed by atoms with E-state index in [0.29, 0.717) is 6.04 Å². The third-order valence-corrected chi connectivity index (χ3v) is 7.00. The molecule has 0 amide bonds. The Morgan fingerprint density at radius 2 is 1.70 bits per heavy atom. The summed E-state index contributed by atoms with van der Waals surface area (Å²) in [5.74, 6) is 1.77. The van der Waals surface area contributed by atoms with E-state index in [1.807, 2.05) is 11.8 Å². The summed E-state index contributed by atoms with van der Waals surface area (Å²) >= 11 is 2.00. The minimum Gasteiger partial charge on any atom is -0.300 e. The van der Waals surface area contributed by atoms with E-state index in [-0.39, 0.29) is 12.5 Å². The van der Waals surface area contributed by atoms with Gasteiger partial charge < -0.3 is 4.90 Å². The molecule has 0 saturated carbocycles. The van der Waals surface area contributed by atoms with Gasteiger partial charge in [0.1, 0.15) is 0 Å². The predicted octanol–water partition coefficient (Wildman–Crippen LogP) is 2.47. The van der Waals surface area contributed by atoms with Crippen molar-refractivity contribution in [3.8, 4) is 0 Å². The van der Waals surface area contributed by atoms with Gasteiger partial charge in [-0.3, -0.25) is 0 Å². The maximum absolute atomic E-state index is 12.1. The van der Waals surface area contributed by atoms with Crippen LogP contribution < -0.4 is 4.72 Å². The molecule has 2 saturated heterocycles. The molecule has 2 heterocycles. The quantitative estimate of drug-likeness (QED) is 0.776. The third-order valence-electron chi connectivity index (χ3n) is 4.60. The number of hydrogen-bond donors (Lipinski definition) is 1. The summed E-state index contributed by atoms with van der Waals surface area (Å²) < 4.78 is 61.9. The highest BCUT2D eigenvalue weighted by molar-refractivity contribution is 7.99. The summed E-state index contributed by atoms with van der Waals surface area (Å²) in [6, 6.07) is 0.653. The zero-order valence-corrected chi connectivity index (χ0v) is 14.8. The van der Waals surface area contributed by atoms with Gasteiger partial charge in [0, 0.05) is 12.6 Å². The number of halogens is 3. The third kappa shape index (κ3) is 7.19. The molecule has 0 aromatic rings. The maximum atomic E-state index is 12.1. The van der Waals surface area contributed by atoms with Gasteiger partial charge in [-0.15, -0.1) is 0 Å². The van der Waals surface area contributed by atoms with Crippen molar-refractivity contribution < 1.29 is 21.6 Å². The second-order valence-corrected chi connectivity index (χ2v) is 9.51. The minimum absolute atomic E-state index is 0.227. The van der Waals surface area contributed by atoms with E-state index in [2.05, 4.69) is 9.62 Å². The molecular formula is C14H25F3N2O2S2. The molecule has 2 fully saturated rings. The van der Waals surface area contributed by atoms with Crippen LogP contribution in [0.3, 0.4) is 0 Å².